The van der Waals surface area contributed by atoms with Crippen molar-refractivity contribution in [2.75, 3.05) is 71.4 Å². The van der Waals surface area contributed by atoms with Crippen LogP contribution in [0, 0.1) is 5.92 Å². The number of rotatable bonds is 6. The maximum atomic E-state index is 5.36. The van der Waals surface area contributed by atoms with Gasteiger partial charge in [-0.3, -0.25) is 4.99 Å². The fourth-order valence-electron chi connectivity index (χ4n) is 4.15. The van der Waals surface area contributed by atoms with E-state index in [2.05, 4.69) is 50.1 Å². The number of nitrogens with one attached hydrogen (secondary N) is 1. The van der Waals surface area contributed by atoms with Gasteiger partial charge in [0, 0.05) is 58.1 Å². The second-order valence-corrected chi connectivity index (χ2v) is 7.56. The molecular formula is C21H35N5O. The molecule has 2 saturated heterocycles. The van der Waals surface area contributed by atoms with E-state index >= 15 is 0 Å². The Labute approximate surface area is 164 Å². The van der Waals surface area contributed by atoms with E-state index in [0.29, 0.717) is 0 Å². The highest BCUT2D eigenvalue weighted by atomic mass is 16.5. The summed E-state index contributed by atoms with van der Waals surface area (Å²) in [6.07, 6.45) is 2.55. The second-order valence-electron chi connectivity index (χ2n) is 7.56. The Balaban J connectivity index is 1.46. The van der Waals surface area contributed by atoms with E-state index in [4.69, 9.17) is 4.74 Å². The van der Waals surface area contributed by atoms with Crippen molar-refractivity contribution < 1.29 is 4.74 Å². The quantitative estimate of drug-likeness (QED) is 0.611. The Morgan fingerprint density at radius 3 is 2.74 bits per heavy atom. The number of nitrogens with zero attached hydrogens (tertiary/aromatic N) is 4. The molecule has 3 rings (SSSR count). The molecule has 0 spiro atoms. The molecule has 6 nitrogen and oxygen atoms in total. The third-order valence-corrected chi connectivity index (χ3v) is 5.67. The normalized spacial score (nSPS) is 21.6. The second kappa shape index (κ2) is 9.83. The number of piperazine rings is 1. The van der Waals surface area contributed by atoms with E-state index in [0.717, 1.165) is 50.4 Å². The van der Waals surface area contributed by atoms with Crippen LogP contribution in [0.15, 0.2) is 29.3 Å². The van der Waals surface area contributed by atoms with Gasteiger partial charge in [0.15, 0.2) is 5.96 Å². The van der Waals surface area contributed by atoms with E-state index < -0.39 is 0 Å². The lowest BCUT2D eigenvalue weighted by molar-refractivity contribution is 0.322. The Hall–Kier alpha value is -1.95. The number of hydrogen-bond acceptors (Lipinski definition) is 4. The molecule has 150 valence electrons. The van der Waals surface area contributed by atoms with Crippen molar-refractivity contribution in [1.82, 2.24) is 15.1 Å². The summed E-state index contributed by atoms with van der Waals surface area (Å²) in [4.78, 5) is 11.9. The van der Waals surface area contributed by atoms with Crippen LogP contribution in [0.4, 0.5) is 5.69 Å². The highest BCUT2D eigenvalue weighted by Gasteiger charge is 2.24. The maximum absolute atomic E-state index is 5.36. The van der Waals surface area contributed by atoms with Crippen LogP contribution in [0.2, 0.25) is 0 Å². The average molecular weight is 374 g/mol. The van der Waals surface area contributed by atoms with Gasteiger partial charge in [-0.1, -0.05) is 13.0 Å². The fourth-order valence-corrected chi connectivity index (χ4v) is 4.15. The molecule has 0 aromatic heterocycles. The van der Waals surface area contributed by atoms with E-state index in [1.54, 1.807) is 7.11 Å². The maximum Gasteiger partial charge on any atom is 0.193 e. The number of benzene rings is 1. The summed E-state index contributed by atoms with van der Waals surface area (Å²) in [6, 6.07) is 8.33. The van der Waals surface area contributed by atoms with Crippen molar-refractivity contribution in [1.29, 1.82) is 0 Å². The Kier molecular flexibility index (Phi) is 7.21. The monoisotopic (exact) mass is 373 g/mol. The zero-order valence-electron chi connectivity index (χ0n) is 17.2. The molecule has 0 bridgehead atoms. The van der Waals surface area contributed by atoms with Gasteiger partial charge in [-0.15, -0.1) is 0 Å². The van der Waals surface area contributed by atoms with E-state index in [-0.39, 0.29) is 0 Å². The van der Waals surface area contributed by atoms with Gasteiger partial charge in [0.05, 0.1) is 7.11 Å². The Bertz CT molecular complexity index is 612. The van der Waals surface area contributed by atoms with Gasteiger partial charge >= 0.3 is 0 Å². The van der Waals surface area contributed by atoms with Gasteiger partial charge in [-0.05, 0) is 44.0 Å². The van der Waals surface area contributed by atoms with E-state index in [1.807, 2.05) is 13.1 Å². The highest BCUT2D eigenvalue weighted by molar-refractivity contribution is 5.80. The molecular weight excluding hydrogens is 338 g/mol. The molecule has 1 aromatic rings. The van der Waals surface area contributed by atoms with Crippen molar-refractivity contribution in [2.24, 2.45) is 10.9 Å². The van der Waals surface area contributed by atoms with Crippen molar-refractivity contribution >= 4 is 11.6 Å². The molecule has 2 aliphatic rings. The first-order valence-electron chi connectivity index (χ1n) is 10.3. The molecule has 2 aliphatic heterocycles. The third kappa shape index (κ3) is 5.28. The molecule has 1 aromatic carbocycles. The number of hydrogen-bond donors (Lipinski definition) is 1. The van der Waals surface area contributed by atoms with Crippen LogP contribution < -0.4 is 15.0 Å². The van der Waals surface area contributed by atoms with Crippen molar-refractivity contribution in [3.63, 3.8) is 0 Å². The van der Waals surface area contributed by atoms with Crippen LogP contribution in [0.3, 0.4) is 0 Å². The number of likely N-dealkylation sites (tertiary alicyclic amines) is 1. The molecule has 1 atom stereocenters. The lowest BCUT2D eigenvalue weighted by Gasteiger charge is -2.38. The molecule has 0 radical (unpaired) electrons. The summed E-state index contributed by atoms with van der Waals surface area (Å²) < 4.78 is 5.36. The standard InChI is InChI=1S/C21H35N5O/c1-4-9-24-10-8-18(17-24)16-23-21(22-2)26-13-11-25(12-14-26)19-6-5-7-20(15-19)27-3/h5-7,15,18H,4,8-14,16-17H2,1-3H3,(H,22,23). The van der Waals surface area contributed by atoms with Crippen molar-refractivity contribution in [3.05, 3.63) is 24.3 Å². The lowest BCUT2D eigenvalue weighted by Crippen LogP contribution is -2.53. The molecule has 27 heavy (non-hydrogen) atoms. The predicted molar refractivity (Wildman–Crippen MR) is 113 cm³/mol. The Morgan fingerprint density at radius 1 is 1.22 bits per heavy atom. The summed E-state index contributed by atoms with van der Waals surface area (Å²) in [7, 11) is 3.62. The number of anilines is 1. The molecule has 0 saturated carbocycles. The van der Waals surface area contributed by atoms with Crippen LogP contribution >= 0.6 is 0 Å². The number of aliphatic imine (C=N–C) groups is 1. The minimum absolute atomic E-state index is 0.742. The lowest BCUT2D eigenvalue weighted by atomic mass is 10.1. The van der Waals surface area contributed by atoms with Gasteiger partial charge in [0.1, 0.15) is 5.75 Å². The first kappa shape index (κ1) is 19.8. The highest BCUT2D eigenvalue weighted by Crippen LogP contribution is 2.22. The van der Waals surface area contributed by atoms with Gasteiger partial charge in [0.2, 0.25) is 0 Å². The largest absolute Gasteiger partial charge is 0.497 e. The van der Waals surface area contributed by atoms with Gasteiger partial charge in [0.25, 0.3) is 0 Å². The predicted octanol–water partition coefficient (Wildman–Crippen LogP) is 2.12. The summed E-state index contributed by atoms with van der Waals surface area (Å²) >= 11 is 0. The zero-order chi connectivity index (χ0) is 19.1. The van der Waals surface area contributed by atoms with Crippen LogP contribution in [0.1, 0.15) is 19.8 Å². The minimum atomic E-state index is 0.742. The summed E-state index contributed by atoms with van der Waals surface area (Å²) in [5.41, 5.74) is 1.24. The van der Waals surface area contributed by atoms with Crippen molar-refractivity contribution in [3.8, 4) is 5.75 Å². The molecule has 1 unspecified atom stereocenters. The van der Waals surface area contributed by atoms with Crippen molar-refractivity contribution in [2.45, 2.75) is 19.8 Å². The average Bonchev–Trinajstić information content (AvgIpc) is 3.17. The van der Waals surface area contributed by atoms with E-state index in [1.165, 1.54) is 38.2 Å². The van der Waals surface area contributed by atoms with Crippen LogP contribution in [-0.4, -0.2) is 82.3 Å². The van der Waals surface area contributed by atoms with Gasteiger partial charge < -0.3 is 24.8 Å². The first-order valence-corrected chi connectivity index (χ1v) is 10.3. The van der Waals surface area contributed by atoms with E-state index in [9.17, 15) is 0 Å². The van der Waals surface area contributed by atoms with Gasteiger partial charge in [-0.25, -0.2) is 0 Å². The summed E-state index contributed by atoms with van der Waals surface area (Å²) in [5, 5.41) is 3.63. The third-order valence-electron chi connectivity index (χ3n) is 5.67. The topological polar surface area (TPSA) is 43.3 Å². The summed E-state index contributed by atoms with van der Waals surface area (Å²) in [6.45, 7) is 11.0. The Morgan fingerprint density at radius 2 is 2.04 bits per heavy atom. The minimum Gasteiger partial charge on any atom is -0.497 e. The zero-order valence-corrected chi connectivity index (χ0v) is 17.2. The first-order chi connectivity index (χ1) is 13.2. The summed E-state index contributed by atoms with van der Waals surface area (Å²) in [5.74, 6) is 2.71. The smallest absolute Gasteiger partial charge is 0.193 e. The molecule has 2 heterocycles. The number of guanidine groups is 1. The van der Waals surface area contributed by atoms with Crippen LogP contribution in [0.5, 0.6) is 5.75 Å². The van der Waals surface area contributed by atoms with Crippen LogP contribution in [-0.2, 0) is 0 Å². The molecule has 2 fully saturated rings. The van der Waals surface area contributed by atoms with Gasteiger partial charge in [-0.2, -0.15) is 0 Å². The molecule has 1 N–H and O–H groups in total. The number of methoxy groups -OCH3 is 1. The van der Waals surface area contributed by atoms with Crippen LogP contribution in [0.25, 0.3) is 0 Å². The fraction of sp³-hybridized carbons (Fsp3) is 0.667. The molecule has 0 amide bonds. The SMILES string of the molecule is CCCN1CCC(CNC(=NC)N2CCN(c3cccc(OC)c3)CC2)C1. The molecule has 6 heteroatoms. The number of ether oxygens (including phenoxy) is 1. The molecule has 0 aliphatic carbocycles.